The molecule has 2 aliphatic carbocycles. The zero-order valence-electron chi connectivity index (χ0n) is 27.4. The summed E-state index contributed by atoms with van der Waals surface area (Å²) in [5.74, 6) is 0.901. The number of anilines is 5. The maximum absolute atomic E-state index is 5.20. The Morgan fingerprint density at radius 1 is 0.540 bits per heavy atom. The summed E-state index contributed by atoms with van der Waals surface area (Å²) in [6.07, 6.45) is 8.07. The van der Waals surface area contributed by atoms with E-state index in [2.05, 4.69) is 192 Å². The number of hydrogen-bond acceptors (Lipinski definition) is 3. The van der Waals surface area contributed by atoms with Crippen LogP contribution >= 0.6 is 0 Å². The first-order chi connectivity index (χ1) is 24.8. The van der Waals surface area contributed by atoms with E-state index in [4.69, 9.17) is 4.98 Å². The van der Waals surface area contributed by atoms with Gasteiger partial charge in [-0.1, -0.05) is 127 Å². The van der Waals surface area contributed by atoms with Crippen LogP contribution in [0.2, 0.25) is 0 Å². The fraction of sp³-hybridized carbons (Fsp3) is 0.0426. The predicted molar refractivity (Wildman–Crippen MR) is 211 cm³/mol. The summed E-state index contributed by atoms with van der Waals surface area (Å²) in [5, 5.41) is 6.19. The van der Waals surface area contributed by atoms with Crippen LogP contribution in [0.25, 0.3) is 44.1 Å². The van der Waals surface area contributed by atoms with Gasteiger partial charge in [0, 0.05) is 33.2 Å². The Labute approximate surface area is 291 Å². The maximum Gasteiger partial charge on any atom is 0.138 e. The second kappa shape index (κ2) is 11.6. The Morgan fingerprint density at radius 3 is 2.14 bits per heavy atom. The lowest BCUT2D eigenvalue weighted by molar-refractivity contribution is 0.955. The Hall–Kier alpha value is -6.45. The van der Waals surface area contributed by atoms with Crippen molar-refractivity contribution >= 4 is 72.7 Å². The van der Waals surface area contributed by atoms with Crippen LogP contribution in [0.4, 0.5) is 28.6 Å². The third-order valence-corrected chi connectivity index (χ3v) is 10.3. The lowest BCUT2D eigenvalue weighted by Crippen LogP contribution is -2.33. The molecule has 50 heavy (non-hydrogen) atoms. The highest BCUT2D eigenvalue weighted by Gasteiger charge is 2.32. The fourth-order valence-corrected chi connectivity index (χ4v) is 8.06. The molecule has 3 heteroatoms. The predicted octanol–water partition coefficient (Wildman–Crippen LogP) is 12.2. The van der Waals surface area contributed by atoms with E-state index in [0.29, 0.717) is 0 Å². The van der Waals surface area contributed by atoms with Crippen molar-refractivity contribution in [2.24, 2.45) is 0 Å². The topological polar surface area (TPSA) is 19.4 Å². The minimum Gasteiger partial charge on any atom is -0.330 e. The molecule has 0 saturated carbocycles. The summed E-state index contributed by atoms with van der Waals surface area (Å²) in [6.45, 7) is 0. The Balaban J connectivity index is 1.18. The maximum atomic E-state index is 5.20. The average molecular weight is 640 g/mol. The van der Waals surface area contributed by atoms with Crippen molar-refractivity contribution in [2.45, 2.75) is 12.5 Å². The van der Waals surface area contributed by atoms with Gasteiger partial charge in [-0.15, -0.1) is 0 Å². The molecule has 0 bridgehead atoms. The smallest absolute Gasteiger partial charge is 0.138 e. The van der Waals surface area contributed by atoms with E-state index in [0.717, 1.165) is 34.5 Å². The van der Waals surface area contributed by atoms with Gasteiger partial charge in [0.25, 0.3) is 0 Å². The molecule has 0 radical (unpaired) electrons. The van der Waals surface area contributed by atoms with Crippen LogP contribution in [-0.4, -0.2) is 11.0 Å². The van der Waals surface area contributed by atoms with Gasteiger partial charge in [0.15, 0.2) is 0 Å². The van der Waals surface area contributed by atoms with Gasteiger partial charge in [-0.05, 0) is 94.1 Å². The molecule has 0 fully saturated rings. The van der Waals surface area contributed by atoms with Gasteiger partial charge in [0.1, 0.15) is 5.82 Å². The molecular formula is C47H33N3. The molecule has 0 saturated heterocycles. The normalized spacial score (nSPS) is 14.6. The molecule has 1 unspecified atom stereocenters. The third-order valence-electron chi connectivity index (χ3n) is 10.3. The molecule has 1 aromatic heterocycles. The lowest BCUT2D eigenvalue weighted by atomic mass is 9.78. The van der Waals surface area contributed by atoms with E-state index in [-0.39, 0.29) is 6.04 Å². The van der Waals surface area contributed by atoms with Crippen LogP contribution in [-0.2, 0) is 6.42 Å². The number of pyridine rings is 1. The van der Waals surface area contributed by atoms with Gasteiger partial charge in [-0.3, -0.25) is 4.90 Å². The second-order valence-electron chi connectivity index (χ2n) is 13.1. The van der Waals surface area contributed by atoms with Crippen molar-refractivity contribution in [1.29, 1.82) is 0 Å². The van der Waals surface area contributed by atoms with Crippen LogP contribution in [0.3, 0.4) is 0 Å². The second-order valence-corrected chi connectivity index (χ2v) is 13.1. The zero-order valence-corrected chi connectivity index (χ0v) is 27.4. The first-order valence-electron chi connectivity index (χ1n) is 17.3. The first kappa shape index (κ1) is 28.6. The van der Waals surface area contributed by atoms with Crippen molar-refractivity contribution in [3.63, 3.8) is 0 Å². The number of para-hydroxylation sites is 3. The number of fused-ring (bicyclic) bond motifs is 2. The summed E-state index contributed by atoms with van der Waals surface area (Å²) >= 11 is 0. The highest BCUT2D eigenvalue weighted by atomic mass is 15.2. The van der Waals surface area contributed by atoms with Gasteiger partial charge in [-0.2, -0.15) is 0 Å². The number of aromatic nitrogens is 1. The number of hydrogen-bond donors (Lipinski definition) is 0. The Bertz CT molecular complexity index is 2630. The lowest BCUT2D eigenvalue weighted by Gasteiger charge is -2.39. The molecule has 0 aliphatic heterocycles. The minimum absolute atomic E-state index is 0.0190. The average Bonchev–Trinajstić information content (AvgIpc) is 3.19. The monoisotopic (exact) mass is 639 g/mol. The van der Waals surface area contributed by atoms with Crippen LogP contribution in [0, 0.1) is 0 Å². The molecule has 0 N–H and O–H groups in total. The first-order valence-corrected chi connectivity index (χ1v) is 17.3. The van der Waals surface area contributed by atoms with Crippen LogP contribution in [0.1, 0.15) is 16.7 Å². The fourth-order valence-electron chi connectivity index (χ4n) is 8.06. The zero-order chi connectivity index (χ0) is 33.0. The SMILES string of the molecule is C1=CC(N(c2ccccc2)c2cccc3ccccc23)C2=CCc3ccc(N(c4ccccc4)c4ccc5ccccc5n4)c4ccc1c2c34. The van der Waals surface area contributed by atoms with E-state index >= 15 is 0 Å². The quantitative estimate of drug-likeness (QED) is 0.180. The highest BCUT2D eigenvalue weighted by Crippen LogP contribution is 2.48. The van der Waals surface area contributed by atoms with Crippen LogP contribution in [0.5, 0.6) is 0 Å². The summed E-state index contributed by atoms with van der Waals surface area (Å²) in [7, 11) is 0. The molecule has 0 spiro atoms. The van der Waals surface area contributed by atoms with Crippen molar-refractivity contribution < 1.29 is 0 Å². The number of rotatable bonds is 6. The van der Waals surface area contributed by atoms with E-state index in [1.165, 1.54) is 55.2 Å². The van der Waals surface area contributed by atoms with Crippen LogP contribution in [0.15, 0.2) is 176 Å². The van der Waals surface area contributed by atoms with Crippen molar-refractivity contribution in [3.05, 3.63) is 193 Å². The summed E-state index contributed by atoms with van der Waals surface area (Å²) in [5.41, 5.74) is 10.9. The van der Waals surface area contributed by atoms with Gasteiger partial charge in [0.2, 0.25) is 0 Å². The number of allylic oxidation sites excluding steroid dienone is 1. The van der Waals surface area contributed by atoms with Gasteiger partial charge in [-0.25, -0.2) is 4.98 Å². The van der Waals surface area contributed by atoms with Gasteiger partial charge >= 0.3 is 0 Å². The van der Waals surface area contributed by atoms with E-state index in [1.54, 1.807) is 0 Å². The molecule has 10 rings (SSSR count). The molecule has 236 valence electrons. The molecular weight excluding hydrogens is 607 g/mol. The Morgan fingerprint density at radius 2 is 1.28 bits per heavy atom. The van der Waals surface area contributed by atoms with E-state index in [1.807, 2.05) is 0 Å². The minimum atomic E-state index is 0.0190. The summed E-state index contributed by atoms with van der Waals surface area (Å²) in [4.78, 5) is 10.0. The van der Waals surface area contributed by atoms with Gasteiger partial charge in [0.05, 0.1) is 17.2 Å². The molecule has 1 heterocycles. The van der Waals surface area contributed by atoms with Gasteiger partial charge < -0.3 is 4.90 Å². The molecule has 2 aliphatic rings. The largest absolute Gasteiger partial charge is 0.330 e. The standard InChI is InChI=1S/C47H33N3/c1-3-15-36(16-4-1)49(42-21-11-14-32-12-7-9-19-38(32)42)43-29-24-34-23-28-40-44(30-25-35-22-27-39(43)46(34)47(35)40)50(37-17-5-2-6-18-37)45-31-26-33-13-8-10-20-41(33)48-45/h1-21,23-31,43H,22H2. The van der Waals surface area contributed by atoms with E-state index in [9.17, 15) is 0 Å². The van der Waals surface area contributed by atoms with E-state index < -0.39 is 0 Å². The highest BCUT2D eigenvalue weighted by molar-refractivity contribution is 6.11. The Kier molecular flexibility index (Phi) is 6.63. The molecule has 1 atom stereocenters. The number of nitrogens with zero attached hydrogens (tertiary/aromatic N) is 3. The van der Waals surface area contributed by atoms with Crippen molar-refractivity contribution in [3.8, 4) is 0 Å². The third kappa shape index (κ3) is 4.55. The van der Waals surface area contributed by atoms with Crippen LogP contribution < -0.4 is 9.80 Å². The summed E-state index contributed by atoms with van der Waals surface area (Å²) < 4.78 is 0. The molecule has 8 aromatic rings. The van der Waals surface area contributed by atoms with Crippen molar-refractivity contribution in [2.75, 3.05) is 9.80 Å². The van der Waals surface area contributed by atoms with Crippen molar-refractivity contribution in [1.82, 2.24) is 4.98 Å². The molecule has 3 nitrogen and oxygen atoms in total. The molecule has 0 amide bonds. The number of benzene rings is 7. The summed E-state index contributed by atoms with van der Waals surface area (Å²) in [6, 6.07) is 58.8. The molecule has 7 aromatic carbocycles.